The van der Waals surface area contributed by atoms with Gasteiger partial charge in [-0.3, -0.25) is 14.2 Å². The van der Waals surface area contributed by atoms with Crippen LogP contribution in [0.2, 0.25) is 0 Å². The first kappa shape index (κ1) is 28.3. The molecule has 0 aromatic heterocycles. The molecule has 1 fully saturated rings. The average molecular weight is 564 g/mol. The van der Waals surface area contributed by atoms with Crippen molar-refractivity contribution in [3.05, 3.63) is 94.6 Å². The minimum Gasteiger partial charge on any atom is -0.508 e. The molecule has 2 atom stereocenters. The summed E-state index contributed by atoms with van der Waals surface area (Å²) in [7, 11) is 0. The Hall–Kier alpha value is -3.24. The summed E-state index contributed by atoms with van der Waals surface area (Å²) in [6.45, 7) is 1.53. The van der Waals surface area contributed by atoms with Gasteiger partial charge in [0.1, 0.15) is 22.9 Å². The first-order valence-corrected chi connectivity index (χ1v) is 13.3. The standard InChI is InChI=1S/C30H31F6N3O/c1-19-12-20-6-2-3-9-25(20)30(39(19)18-29(34,35)36,21-7-4-8-24(40)13-21)28-26(32)14-22(15-27(28)33)37-23-16-38(17-23)11-5-10-31/h2-4,6-9,13-15,19,23,37,40H,5,10-12,16-18H2,1H3/t19-,30+/m1/s1. The number of fused-ring (bicyclic) bond motifs is 1. The number of phenolic OH excluding ortho intramolecular Hbond substituents is 1. The van der Waals surface area contributed by atoms with Crippen molar-refractivity contribution < 1.29 is 31.4 Å². The quantitative estimate of drug-likeness (QED) is 0.319. The number of hydrogen-bond acceptors (Lipinski definition) is 4. The van der Waals surface area contributed by atoms with Gasteiger partial charge in [0, 0.05) is 31.4 Å². The third-order valence-electron chi connectivity index (χ3n) is 7.84. The highest BCUT2D eigenvalue weighted by atomic mass is 19.4. The summed E-state index contributed by atoms with van der Waals surface area (Å²) in [5.41, 5.74) is -1.28. The molecule has 2 aliphatic rings. The minimum absolute atomic E-state index is 0.0959. The van der Waals surface area contributed by atoms with Crippen molar-refractivity contribution in [3.8, 4) is 5.75 Å². The van der Waals surface area contributed by atoms with Gasteiger partial charge in [0.25, 0.3) is 0 Å². The van der Waals surface area contributed by atoms with Crippen molar-refractivity contribution in [2.24, 2.45) is 0 Å². The molecule has 3 aromatic rings. The van der Waals surface area contributed by atoms with E-state index in [0.717, 1.165) is 17.0 Å². The van der Waals surface area contributed by atoms with Gasteiger partial charge in [0.15, 0.2) is 0 Å². The Morgan fingerprint density at radius 1 is 1.00 bits per heavy atom. The third-order valence-corrected chi connectivity index (χ3v) is 7.84. The Morgan fingerprint density at radius 2 is 1.70 bits per heavy atom. The van der Waals surface area contributed by atoms with Crippen molar-refractivity contribution in [2.45, 2.75) is 43.6 Å². The van der Waals surface area contributed by atoms with E-state index in [-0.39, 0.29) is 29.5 Å². The Labute approximate surface area is 229 Å². The molecule has 0 radical (unpaired) electrons. The van der Waals surface area contributed by atoms with Crippen LogP contribution >= 0.6 is 0 Å². The monoisotopic (exact) mass is 563 g/mol. The van der Waals surface area contributed by atoms with Gasteiger partial charge in [-0.15, -0.1) is 0 Å². The van der Waals surface area contributed by atoms with Gasteiger partial charge in [-0.05, 0) is 60.7 Å². The molecule has 2 heterocycles. The first-order valence-electron chi connectivity index (χ1n) is 13.3. The lowest BCUT2D eigenvalue weighted by molar-refractivity contribution is -0.162. The topological polar surface area (TPSA) is 38.7 Å². The molecular weight excluding hydrogens is 532 g/mol. The van der Waals surface area contributed by atoms with E-state index in [2.05, 4.69) is 5.32 Å². The van der Waals surface area contributed by atoms with Crippen molar-refractivity contribution in [1.82, 2.24) is 9.80 Å². The molecule has 214 valence electrons. The van der Waals surface area contributed by atoms with Gasteiger partial charge in [-0.2, -0.15) is 13.2 Å². The number of nitrogens with zero attached hydrogens (tertiary/aromatic N) is 2. The predicted molar refractivity (Wildman–Crippen MR) is 141 cm³/mol. The Bertz CT molecular complexity index is 1340. The average Bonchev–Trinajstić information content (AvgIpc) is 2.86. The number of rotatable bonds is 8. The molecule has 4 nitrogen and oxygen atoms in total. The van der Waals surface area contributed by atoms with Gasteiger partial charge >= 0.3 is 6.18 Å². The molecule has 5 rings (SSSR count). The fourth-order valence-corrected chi connectivity index (χ4v) is 6.27. The Morgan fingerprint density at radius 3 is 2.35 bits per heavy atom. The molecule has 1 saturated heterocycles. The van der Waals surface area contributed by atoms with Crippen LogP contribution in [-0.2, 0) is 12.0 Å². The number of anilines is 1. The molecule has 2 N–H and O–H groups in total. The summed E-state index contributed by atoms with van der Waals surface area (Å²) < 4.78 is 87.3. The van der Waals surface area contributed by atoms with E-state index in [0.29, 0.717) is 37.2 Å². The van der Waals surface area contributed by atoms with Gasteiger partial charge < -0.3 is 10.4 Å². The van der Waals surface area contributed by atoms with Crippen LogP contribution in [0.5, 0.6) is 5.75 Å². The largest absolute Gasteiger partial charge is 0.508 e. The van der Waals surface area contributed by atoms with E-state index >= 15 is 8.78 Å². The van der Waals surface area contributed by atoms with E-state index in [4.69, 9.17) is 0 Å². The highest BCUT2D eigenvalue weighted by Gasteiger charge is 2.54. The van der Waals surface area contributed by atoms with Crippen LogP contribution < -0.4 is 5.32 Å². The summed E-state index contributed by atoms with van der Waals surface area (Å²) in [6, 6.07) is 13.7. The second-order valence-electron chi connectivity index (χ2n) is 10.7. The van der Waals surface area contributed by atoms with E-state index in [1.165, 1.54) is 24.3 Å². The zero-order valence-corrected chi connectivity index (χ0v) is 22.0. The number of benzene rings is 3. The smallest absolute Gasteiger partial charge is 0.401 e. The fourth-order valence-electron chi connectivity index (χ4n) is 6.27. The van der Waals surface area contributed by atoms with E-state index < -0.39 is 48.2 Å². The molecule has 0 saturated carbocycles. The van der Waals surface area contributed by atoms with Crippen molar-refractivity contribution in [2.75, 3.05) is 38.2 Å². The van der Waals surface area contributed by atoms with E-state index in [1.54, 1.807) is 31.2 Å². The van der Waals surface area contributed by atoms with E-state index in [9.17, 15) is 22.7 Å². The van der Waals surface area contributed by atoms with Crippen LogP contribution in [0.15, 0.2) is 60.7 Å². The van der Waals surface area contributed by atoms with Gasteiger partial charge in [0.2, 0.25) is 0 Å². The molecule has 10 heteroatoms. The summed E-state index contributed by atoms with van der Waals surface area (Å²) in [6.07, 6.45) is -4.01. The number of nitrogens with one attached hydrogen (secondary N) is 1. The van der Waals surface area contributed by atoms with Crippen molar-refractivity contribution >= 4 is 5.69 Å². The normalized spacial score (nSPS) is 22.1. The highest BCUT2D eigenvalue weighted by molar-refractivity contribution is 5.59. The molecule has 0 spiro atoms. The summed E-state index contributed by atoms with van der Waals surface area (Å²) in [5.74, 6) is -2.24. The second kappa shape index (κ2) is 11.0. The Balaban J connectivity index is 1.67. The lowest BCUT2D eigenvalue weighted by Gasteiger charge is -2.52. The van der Waals surface area contributed by atoms with Crippen LogP contribution in [0.25, 0.3) is 0 Å². The maximum atomic E-state index is 16.3. The van der Waals surface area contributed by atoms with Gasteiger partial charge in [0.05, 0.1) is 24.8 Å². The van der Waals surface area contributed by atoms with Crippen molar-refractivity contribution in [1.29, 1.82) is 0 Å². The third kappa shape index (κ3) is 5.26. The molecule has 40 heavy (non-hydrogen) atoms. The molecule has 0 bridgehead atoms. The summed E-state index contributed by atoms with van der Waals surface area (Å²) >= 11 is 0. The van der Waals surface area contributed by atoms with Crippen LogP contribution in [-0.4, -0.2) is 66.0 Å². The van der Waals surface area contributed by atoms with Crippen LogP contribution in [0.4, 0.5) is 32.0 Å². The summed E-state index contributed by atoms with van der Waals surface area (Å²) in [4.78, 5) is 3.11. The molecule has 0 amide bonds. The van der Waals surface area contributed by atoms with Gasteiger partial charge in [-0.25, -0.2) is 8.78 Å². The summed E-state index contributed by atoms with van der Waals surface area (Å²) in [5, 5.41) is 13.5. The zero-order chi connectivity index (χ0) is 28.7. The Kier molecular flexibility index (Phi) is 7.76. The molecule has 3 aromatic carbocycles. The SMILES string of the molecule is C[C@@H]1Cc2ccccc2[C@@](c2cccc(O)c2)(c2c(F)cc(NC3CN(CCCF)C3)cc2F)N1CC(F)(F)F. The highest BCUT2D eigenvalue weighted by Crippen LogP contribution is 2.51. The fraction of sp³-hybridized carbons (Fsp3) is 0.400. The minimum atomic E-state index is -4.67. The lowest BCUT2D eigenvalue weighted by Crippen LogP contribution is -2.59. The zero-order valence-electron chi connectivity index (χ0n) is 22.0. The lowest BCUT2D eigenvalue weighted by atomic mass is 9.69. The number of likely N-dealkylation sites (tertiary alicyclic amines) is 1. The maximum absolute atomic E-state index is 16.3. The number of halogens is 6. The molecular formula is C30H31F6N3O. The van der Waals surface area contributed by atoms with Crippen LogP contribution in [0, 0.1) is 11.6 Å². The van der Waals surface area contributed by atoms with Crippen molar-refractivity contribution in [3.63, 3.8) is 0 Å². The van der Waals surface area contributed by atoms with Crippen LogP contribution in [0.1, 0.15) is 35.6 Å². The molecule has 2 aliphatic heterocycles. The second-order valence-corrected chi connectivity index (χ2v) is 10.7. The predicted octanol–water partition coefficient (Wildman–Crippen LogP) is 6.23. The first-order chi connectivity index (χ1) is 19.0. The number of phenols is 1. The van der Waals surface area contributed by atoms with Crippen LogP contribution in [0.3, 0.4) is 0 Å². The van der Waals surface area contributed by atoms with E-state index in [1.807, 2.05) is 4.90 Å². The maximum Gasteiger partial charge on any atom is 0.401 e. The van der Waals surface area contributed by atoms with Gasteiger partial charge in [-0.1, -0.05) is 36.4 Å². The number of alkyl halides is 4. The number of hydrogen-bond donors (Lipinski definition) is 2. The molecule has 0 aliphatic carbocycles. The number of aromatic hydroxyl groups is 1. The molecule has 0 unspecified atom stereocenters.